The zero-order chi connectivity index (χ0) is 24.1. The molecule has 1 fully saturated rings. The van der Waals surface area contributed by atoms with Gasteiger partial charge in [-0.2, -0.15) is 0 Å². The number of amides is 1. The fourth-order valence-corrected chi connectivity index (χ4v) is 4.48. The highest BCUT2D eigenvalue weighted by atomic mass is 16.5. The predicted molar refractivity (Wildman–Crippen MR) is 132 cm³/mol. The summed E-state index contributed by atoms with van der Waals surface area (Å²) in [5, 5.41) is 0.869. The van der Waals surface area contributed by atoms with Crippen molar-refractivity contribution in [2.75, 3.05) is 46.9 Å². The number of rotatable bonds is 8. The molecule has 1 saturated heterocycles. The lowest BCUT2D eigenvalue weighted by molar-refractivity contribution is -0.132. The third-order valence-corrected chi connectivity index (χ3v) is 6.68. The second-order valence-electron chi connectivity index (χ2n) is 8.68. The van der Waals surface area contributed by atoms with Crippen LogP contribution in [0.4, 0.5) is 0 Å². The van der Waals surface area contributed by atoms with Crippen molar-refractivity contribution >= 4 is 16.9 Å². The first kappa shape index (κ1) is 23.8. The highest BCUT2D eigenvalue weighted by Crippen LogP contribution is 2.24. The van der Waals surface area contributed by atoms with E-state index in [1.54, 1.807) is 20.3 Å². The standard InChI is InChI=1S/C27H32N2O5/c1-19-23-9-8-22(33-3)18-25(23)34-27(31)24(19)10-11-26(30)29-16-14-28(15-17-29)13-12-20-4-6-21(32-2)7-5-20/h4-9,18H,10-17H2,1-3H3. The predicted octanol–water partition coefficient (Wildman–Crippen LogP) is 3.44. The topological polar surface area (TPSA) is 72.2 Å². The monoisotopic (exact) mass is 464 g/mol. The maximum absolute atomic E-state index is 12.8. The van der Waals surface area contributed by atoms with Crippen LogP contribution in [-0.4, -0.2) is 62.7 Å². The number of methoxy groups -OCH3 is 2. The molecular formula is C27H32N2O5. The molecule has 0 N–H and O–H groups in total. The van der Waals surface area contributed by atoms with Gasteiger partial charge in [-0.15, -0.1) is 0 Å². The molecule has 3 aromatic rings. The zero-order valence-corrected chi connectivity index (χ0v) is 20.1. The average Bonchev–Trinajstić information content (AvgIpc) is 2.87. The number of fused-ring (bicyclic) bond motifs is 1. The van der Waals surface area contributed by atoms with Gasteiger partial charge in [-0.05, 0) is 55.2 Å². The summed E-state index contributed by atoms with van der Waals surface area (Å²) in [7, 11) is 3.25. The molecular weight excluding hydrogens is 432 g/mol. The summed E-state index contributed by atoms with van der Waals surface area (Å²) < 4.78 is 15.9. The molecule has 0 spiro atoms. The van der Waals surface area contributed by atoms with Gasteiger partial charge in [0.05, 0.1) is 14.2 Å². The fraction of sp³-hybridized carbons (Fsp3) is 0.407. The maximum atomic E-state index is 12.8. The molecule has 1 aromatic heterocycles. The molecule has 0 atom stereocenters. The van der Waals surface area contributed by atoms with E-state index in [0.29, 0.717) is 42.8 Å². The van der Waals surface area contributed by atoms with Crippen molar-refractivity contribution in [1.82, 2.24) is 9.80 Å². The quantitative estimate of drug-likeness (QED) is 0.476. The van der Waals surface area contributed by atoms with Crippen LogP contribution in [0.3, 0.4) is 0 Å². The molecule has 0 aliphatic carbocycles. The van der Waals surface area contributed by atoms with Gasteiger partial charge in [-0.25, -0.2) is 4.79 Å². The lowest BCUT2D eigenvalue weighted by Crippen LogP contribution is -2.49. The normalized spacial score (nSPS) is 14.4. The zero-order valence-electron chi connectivity index (χ0n) is 20.1. The molecule has 0 bridgehead atoms. The van der Waals surface area contributed by atoms with E-state index in [1.165, 1.54) is 5.56 Å². The molecule has 2 heterocycles. The highest BCUT2D eigenvalue weighted by Gasteiger charge is 2.22. The van der Waals surface area contributed by atoms with E-state index >= 15 is 0 Å². The second kappa shape index (κ2) is 10.7. The summed E-state index contributed by atoms with van der Waals surface area (Å²) >= 11 is 0. The third-order valence-electron chi connectivity index (χ3n) is 6.68. The van der Waals surface area contributed by atoms with Gasteiger partial charge in [0, 0.05) is 56.2 Å². The Morgan fingerprint density at radius 3 is 2.29 bits per heavy atom. The van der Waals surface area contributed by atoms with Gasteiger partial charge in [0.15, 0.2) is 0 Å². The summed E-state index contributed by atoms with van der Waals surface area (Å²) in [6.07, 6.45) is 1.66. The summed E-state index contributed by atoms with van der Waals surface area (Å²) in [5.74, 6) is 1.59. The molecule has 7 nitrogen and oxygen atoms in total. The number of hydrogen-bond acceptors (Lipinski definition) is 6. The molecule has 4 rings (SSSR count). The number of hydrogen-bond donors (Lipinski definition) is 0. The van der Waals surface area contributed by atoms with E-state index in [1.807, 2.05) is 36.1 Å². The van der Waals surface area contributed by atoms with Crippen LogP contribution in [0.25, 0.3) is 11.0 Å². The molecule has 1 amide bonds. The number of aryl methyl sites for hydroxylation is 1. The average molecular weight is 465 g/mol. The lowest BCUT2D eigenvalue weighted by atomic mass is 10.0. The summed E-state index contributed by atoms with van der Waals surface area (Å²) in [4.78, 5) is 29.7. The first-order valence-electron chi connectivity index (χ1n) is 11.7. The van der Waals surface area contributed by atoms with E-state index in [9.17, 15) is 9.59 Å². The first-order chi connectivity index (χ1) is 16.5. The van der Waals surface area contributed by atoms with Crippen LogP contribution < -0.4 is 15.1 Å². The van der Waals surface area contributed by atoms with Gasteiger partial charge in [0.2, 0.25) is 5.91 Å². The minimum absolute atomic E-state index is 0.0865. The van der Waals surface area contributed by atoms with Crippen LogP contribution in [0.15, 0.2) is 51.7 Å². The van der Waals surface area contributed by atoms with Gasteiger partial charge < -0.3 is 18.8 Å². The fourth-order valence-electron chi connectivity index (χ4n) is 4.48. The van der Waals surface area contributed by atoms with Crippen molar-refractivity contribution in [2.45, 2.75) is 26.2 Å². The van der Waals surface area contributed by atoms with Gasteiger partial charge in [-0.3, -0.25) is 9.69 Å². The Balaban J connectivity index is 1.28. The number of ether oxygens (including phenoxy) is 2. The summed E-state index contributed by atoms with van der Waals surface area (Å²) in [5.41, 5.74) is 2.84. The van der Waals surface area contributed by atoms with E-state index < -0.39 is 0 Å². The Morgan fingerprint density at radius 1 is 0.941 bits per heavy atom. The van der Waals surface area contributed by atoms with Gasteiger partial charge in [-0.1, -0.05) is 12.1 Å². The van der Waals surface area contributed by atoms with Crippen molar-refractivity contribution in [3.05, 3.63) is 69.6 Å². The Morgan fingerprint density at radius 2 is 1.62 bits per heavy atom. The van der Waals surface area contributed by atoms with E-state index in [0.717, 1.165) is 42.8 Å². The molecule has 0 saturated carbocycles. The van der Waals surface area contributed by atoms with Crippen molar-refractivity contribution in [1.29, 1.82) is 0 Å². The minimum Gasteiger partial charge on any atom is -0.497 e. The highest BCUT2D eigenvalue weighted by molar-refractivity contribution is 5.82. The molecule has 2 aromatic carbocycles. The number of benzene rings is 2. The number of piperazine rings is 1. The van der Waals surface area contributed by atoms with Crippen LogP contribution in [-0.2, 0) is 17.6 Å². The Bertz CT molecular complexity index is 1190. The molecule has 180 valence electrons. The van der Waals surface area contributed by atoms with Gasteiger partial charge >= 0.3 is 5.63 Å². The minimum atomic E-state index is -0.380. The van der Waals surface area contributed by atoms with Crippen LogP contribution in [0.2, 0.25) is 0 Å². The van der Waals surface area contributed by atoms with Crippen molar-refractivity contribution in [3.8, 4) is 11.5 Å². The van der Waals surface area contributed by atoms with Crippen LogP contribution in [0.1, 0.15) is 23.1 Å². The van der Waals surface area contributed by atoms with Crippen molar-refractivity contribution < 1.29 is 18.7 Å². The SMILES string of the molecule is COc1ccc(CCN2CCN(C(=O)CCc3c(C)c4ccc(OC)cc4oc3=O)CC2)cc1. The summed E-state index contributed by atoms with van der Waals surface area (Å²) in [6.45, 7) is 6.03. The largest absolute Gasteiger partial charge is 0.497 e. The van der Waals surface area contributed by atoms with Crippen LogP contribution in [0, 0.1) is 6.92 Å². The molecule has 0 radical (unpaired) electrons. The summed E-state index contributed by atoms with van der Waals surface area (Å²) in [6, 6.07) is 13.6. The molecule has 1 aliphatic heterocycles. The van der Waals surface area contributed by atoms with E-state index in [4.69, 9.17) is 13.9 Å². The van der Waals surface area contributed by atoms with Gasteiger partial charge in [0.25, 0.3) is 0 Å². The van der Waals surface area contributed by atoms with Crippen LogP contribution in [0.5, 0.6) is 11.5 Å². The Hall–Kier alpha value is -3.32. The number of carbonyl (C=O) groups is 1. The number of nitrogens with zero attached hydrogens (tertiary/aromatic N) is 2. The van der Waals surface area contributed by atoms with E-state index in [-0.39, 0.29) is 11.5 Å². The maximum Gasteiger partial charge on any atom is 0.339 e. The van der Waals surface area contributed by atoms with Gasteiger partial charge in [0.1, 0.15) is 17.1 Å². The van der Waals surface area contributed by atoms with E-state index in [2.05, 4.69) is 17.0 Å². The third kappa shape index (κ3) is 5.42. The van der Waals surface area contributed by atoms with Crippen LogP contribution >= 0.6 is 0 Å². The molecule has 0 unspecified atom stereocenters. The molecule has 34 heavy (non-hydrogen) atoms. The van der Waals surface area contributed by atoms with Crippen molar-refractivity contribution in [2.24, 2.45) is 0 Å². The first-order valence-corrected chi connectivity index (χ1v) is 11.7. The smallest absolute Gasteiger partial charge is 0.339 e. The molecule has 7 heteroatoms. The molecule has 1 aliphatic rings. The lowest BCUT2D eigenvalue weighted by Gasteiger charge is -2.34. The second-order valence-corrected chi connectivity index (χ2v) is 8.68. The Kier molecular flexibility index (Phi) is 7.53. The van der Waals surface area contributed by atoms with Crippen molar-refractivity contribution in [3.63, 3.8) is 0 Å². The Labute approximate surface area is 199 Å². The number of carbonyl (C=O) groups excluding carboxylic acids is 1.